The van der Waals surface area contributed by atoms with Gasteiger partial charge in [0.15, 0.2) is 0 Å². The van der Waals surface area contributed by atoms with Crippen molar-refractivity contribution in [3.8, 4) is 5.75 Å². The van der Waals surface area contributed by atoms with E-state index in [1.165, 1.54) is 5.56 Å². The van der Waals surface area contributed by atoms with Crippen molar-refractivity contribution in [2.45, 2.75) is 52.1 Å². The van der Waals surface area contributed by atoms with Gasteiger partial charge < -0.3 is 20.5 Å². The van der Waals surface area contributed by atoms with E-state index in [1.54, 1.807) is 0 Å². The Morgan fingerprint density at radius 1 is 1.39 bits per heavy atom. The molecule has 2 rings (SSSR count). The van der Waals surface area contributed by atoms with Crippen molar-refractivity contribution in [2.75, 3.05) is 18.5 Å². The van der Waals surface area contributed by atoms with Crippen molar-refractivity contribution in [3.63, 3.8) is 0 Å². The van der Waals surface area contributed by atoms with Crippen LogP contribution in [-0.2, 0) is 11.2 Å². The van der Waals surface area contributed by atoms with Crippen molar-refractivity contribution in [2.24, 2.45) is 5.92 Å². The minimum absolute atomic E-state index is 0.111. The summed E-state index contributed by atoms with van der Waals surface area (Å²) in [6.07, 6.45) is 2.55. The number of aliphatic carboxylic acids is 1. The molecular weight excluding hydrogens is 292 g/mol. The maximum atomic E-state index is 11.5. The van der Waals surface area contributed by atoms with E-state index >= 15 is 0 Å². The largest absolute Gasteiger partial charge is 0.490 e. The molecule has 128 valence electrons. The van der Waals surface area contributed by atoms with Gasteiger partial charge in [-0.3, -0.25) is 4.79 Å². The fraction of sp³-hybridized carbons (Fsp3) is 0.611. The van der Waals surface area contributed by atoms with Crippen molar-refractivity contribution in [3.05, 3.63) is 23.8 Å². The summed E-state index contributed by atoms with van der Waals surface area (Å²) in [4.78, 5) is 11.5. The van der Waals surface area contributed by atoms with Gasteiger partial charge in [0.25, 0.3) is 0 Å². The predicted octanol–water partition coefficient (Wildman–Crippen LogP) is 2.90. The Hall–Kier alpha value is -1.75. The van der Waals surface area contributed by atoms with Crippen LogP contribution in [0.2, 0.25) is 0 Å². The standard InChI is InChI=1S/C18H28N2O3/c1-4-12(3)17(18(21)22)20-14(5-2)10-13-6-7-16-15(11-13)19-8-9-23-16/h6-7,11-12,14,17,19-20H,4-5,8-10H2,1-3H3,(H,21,22). The molecule has 3 atom stereocenters. The molecule has 1 aliphatic rings. The van der Waals surface area contributed by atoms with Crippen LogP contribution in [0.15, 0.2) is 18.2 Å². The van der Waals surface area contributed by atoms with Crippen molar-refractivity contribution < 1.29 is 14.6 Å². The third-order valence-corrected chi connectivity index (χ3v) is 4.59. The molecule has 0 saturated carbocycles. The Morgan fingerprint density at radius 2 is 2.17 bits per heavy atom. The molecule has 1 aromatic rings. The molecule has 3 N–H and O–H groups in total. The summed E-state index contributed by atoms with van der Waals surface area (Å²) in [7, 11) is 0. The summed E-state index contributed by atoms with van der Waals surface area (Å²) in [6.45, 7) is 7.62. The van der Waals surface area contributed by atoms with Crippen molar-refractivity contribution in [1.29, 1.82) is 0 Å². The smallest absolute Gasteiger partial charge is 0.320 e. The number of anilines is 1. The zero-order valence-corrected chi connectivity index (χ0v) is 14.3. The first-order valence-corrected chi connectivity index (χ1v) is 8.53. The number of carboxylic acids is 1. The molecule has 0 aromatic heterocycles. The molecule has 0 saturated heterocycles. The van der Waals surface area contributed by atoms with Gasteiger partial charge in [-0.25, -0.2) is 0 Å². The summed E-state index contributed by atoms with van der Waals surface area (Å²) in [6, 6.07) is 5.82. The number of ether oxygens (including phenoxy) is 1. The molecule has 3 unspecified atom stereocenters. The zero-order valence-electron chi connectivity index (χ0n) is 14.3. The van der Waals surface area contributed by atoms with Crippen LogP contribution in [0.3, 0.4) is 0 Å². The molecule has 0 spiro atoms. The lowest BCUT2D eigenvalue weighted by Gasteiger charge is -2.27. The van der Waals surface area contributed by atoms with E-state index in [0.29, 0.717) is 6.61 Å². The van der Waals surface area contributed by atoms with Crippen LogP contribution < -0.4 is 15.4 Å². The molecule has 5 nitrogen and oxygen atoms in total. The molecule has 23 heavy (non-hydrogen) atoms. The minimum atomic E-state index is -0.765. The Bertz CT molecular complexity index is 533. The van der Waals surface area contributed by atoms with Crippen molar-refractivity contribution in [1.82, 2.24) is 5.32 Å². The number of rotatable bonds is 8. The van der Waals surface area contributed by atoms with E-state index in [-0.39, 0.29) is 12.0 Å². The van der Waals surface area contributed by atoms with E-state index in [4.69, 9.17) is 4.74 Å². The first-order chi connectivity index (χ1) is 11.0. The van der Waals surface area contributed by atoms with E-state index < -0.39 is 12.0 Å². The monoisotopic (exact) mass is 320 g/mol. The molecule has 0 fully saturated rings. The fourth-order valence-corrected chi connectivity index (χ4v) is 2.89. The van der Waals surface area contributed by atoms with E-state index in [1.807, 2.05) is 19.9 Å². The second-order valence-corrected chi connectivity index (χ2v) is 6.28. The van der Waals surface area contributed by atoms with Gasteiger partial charge in [0.05, 0.1) is 5.69 Å². The fourth-order valence-electron chi connectivity index (χ4n) is 2.89. The Labute approximate surface area is 138 Å². The van der Waals surface area contributed by atoms with Gasteiger partial charge in [0, 0.05) is 12.6 Å². The molecule has 0 amide bonds. The van der Waals surface area contributed by atoms with E-state index in [2.05, 4.69) is 29.7 Å². The summed E-state index contributed by atoms with van der Waals surface area (Å²) in [5.41, 5.74) is 2.22. The lowest BCUT2D eigenvalue weighted by atomic mass is 9.96. The normalized spacial score (nSPS) is 17.3. The average Bonchev–Trinajstić information content (AvgIpc) is 2.57. The topological polar surface area (TPSA) is 70.6 Å². The molecule has 0 aliphatic carbocycles. The van der Waals surface area contributed by atoms with Crippen molar-refractivity contribution >= 4 is 11.7 Å². The first-order valence-electron chi connectivity index (χ1n) is 8.53. The number of nitrogens with one attached hydrogen (secondary N) is 2. The highest BCUT2D eigenvalue weighted by molar-refractivity contribution is 5.73. The average molecular weight is 320 g/mol. The van der Waals surface area contributed by atoms with Gasteiger partial charge in [0.2, 0.25) is 0 Å². The van der Waals surface area contributed by atoms with Gasteiger partial charge in [0.1, 0.15) is 18.4 Å². The maximum absolute atomic E-state index is 11.5. The molecule has 1 heterocycles. The molecule has 0 bridgehead atoms. The third kappa shape index (κ3) is 4.61. The summed E-state index contributed by atoms with van der Waals surface area (Å²) < 4.78 is 5.60. The first kappa shape index (κ1) is 17.6. The van der Waals surface area contributed by atoms with Crippen LogP contribution in [-0.4, -0.2) is 36.3 Å². The second-order valence-electron chi connectivity index (χ2n) is 6.28. The number of hydrogen-bond donors (Lipinski definition) is 3. The lowest BCUT2D eigenvalue weighted by Crippen LogP contribution is -2.47. The number of fused-ring (bicyclic) bond motifs is 1. The van der Waals surface area contributed by atoms with E-state index in [0.717, 1.165) is 37.2 Å². The van der Waals surface area contributed by atoms with Crippen LogP contribution in [0.25, 0.3) is 0 Å². The zero-order chi connectivity index (χ0) is 16.8. The van der Waals surface area contributed by atoms with Crippen LogP contribution >= 0.6 is 0 Å². The SMILES string of the molecule is CCC(Cc1ccc2c(c1)NCCO2)NC(C(=O)O)C(C)CC. The van der Waals surface area contributed by atoms with Gasteiger partial charge in [-0.15, -0.1) is 0 Å². The Kier molecular flexibility index (Phi) is 6.28. The highest BCUT2D eigenvalue weighted by atomic mass is 16.5. The number of carbonyl (C=O) groups is 1. The van der Waals surface area contributed by atoms with Crippen LogP contribution in [0.1, 0.15) is 39.2 Å². The summed E-state index contributed by atoms with van der Waals surface area (Å²) in [5.74, 6) is 0.238. The third-order valence-electron chi connectivity index (χ3n) is 4.59. The van der Waals surface area contributed by atoms with Crippen LogP contribution in [0.4, 0.5) is 5.69 Å². The second kappa shape index (κ2) is 8.20. The summed E-state index contributed by atoms with van der Waals surface area (Å²) in [5, 5.41) is 16.1. The van der Waals surface area contributed by atoms with Gasteiger partial charge in [-0.1, -0.05) is 33.3 Å². The number of benzene rings is 1. The quantitative estimate of drug-likeness (QED) is 0.687. The highest BCUT2D eigenvalue weighted by Crippen LogP contribution is 2.28. The molecule has 1 aromatic carbocycles. The minimum Gasteiger partial charge on any atom is -0.490 e. The molecule has 0 radical (unpaired) electrons. The molecule has 1 aliphatic heterocycles. The lowest BCUT2D eigenvalue weighted by molar-refractivity contribution is -0.141. The van der Waals surface area contributed by atoms with Gasteiger partial charge >= 0.3 is 5.97 Å². The highest BCUT2D eigenvalue weighted by Gasteiger charge is 2.25. The van der Waals surface area contributed by atoms with Crippen LogP contribution in [0.5, 0.6) is 5.75 Å². The predicted molar refractivity (Wildman–Crippen MR) is 92.2 cm³/mol. The maximum Gasteiger partial charge on any atom is 0.320 e. The Morgan fingerprint density at radius 3 is 2.83 bits per heavy atom. The number of carboxylic acid groups (broad SMARTS) is 1. The number of hydrogen-bond acceptors (Lipinski definition) is 4. The Balaban J connectivity index is 2.05. The summed E-state index contributed by atoms with van der Waals surface area (Å²) >= 11 is 0. The molecular formula is C18H28N2O3. The van der Waals surface area contributed by atoms with Gasteiger partial charge in [-0.05, 0) is 36.5 Å². The van der Waals surface area contributed by atoms with Crippen LogP contribution in [0, 0.1) is 5.92 Å². The molecule has 5 heteroatoms. The van der Waals surface area contributed by atoms with Gasteiger partial charge in [-0.2, -0.15) is 0 Å². The van der Waals surface area contributed by atoms with E-state index in [9.17, 15) is 9.90 Å².